The van der Waals surface area contributed by atoms with Crippen LogP contribution in [-0.2, 0) is 6.42 Å². The number of thiophene rings is 1. The van der Waals surface area contributed by atoms with Crippen LogP contribution in [0, 0.1) is 6.92 Å². The smallest absolute Gasteiger partial charge is 0.0782 e. The van der Waals surface area contributed by atoms with Gasteiger partial charge in [-0.15, -0.1) is 11.3 Å². The first kappa shape index (κ1) is 13.6. The van der Waals surface area contributed by atoms with Gasteiger partial charge < -0.3 is 5.32 Å². The number of nitrogens with zero attached hydrogens (tertiary/aromatic N) is 2. The van der Waals surface area contributed by atoms with Gasteiger partial charge in [0.15, 0.2) is 0 Å². The first-order valence-corrected chi connectivity index (χ1v) is 7.53. The van der Waals surface area contributed by atoms with E-state index in [-0.39, 0.29) is 6.04 Å². The molecule has 0 aliphatic carbocycles. The molecule has 18 heavy (non-hydrogen) atoms. The van der Waals surface area contributed by atoms with Gasteiger partial charge in [-0.05, 0) is 48.3 Å². The summed E-state index contributed by atoms with van der Waals surface area (Å²) in [7, 11) is 0. The van der Waals surface area contributed by atoms with E-state index in [1.165, 1.54) is 8.66 Å². The second-order valence-electron chi connectivity index (χ2n) is 4.16. The van der Waals surface area contributed by atoms with E-state index in [2.05, 4.69) is 50.3 Å². The second-order valence-corrected chi connectivity index (χ2v) is 6.71. The quantitative estimate of drug-likeness (QED) is 0.914. The summed E-state index contributed by atoms with van der Waals surface area (Å²) in [4.78, 5) is 10.0. The zero-order valence-corrected chi connectivity index (χ0v) is 12.9. The van der Waals surface area contributed by atoms with Crippen molar-refractivity contribution in [2.75, 3.05) is 6.54 Å². The highest BCUT2D eigenvalue weighted by molar-refractivity contribution is 9.11. The average Bonchev–Trinajstić information content (AvgIpc) is 2.75. The number of rotatable bonds is 5. The summed E-state index contributed by atoms with van der Waals surface area (Å²) in [5.74, 6) is 0. The molecule has 1 atom stereocenters. The minimum atomic E-state index is 0.238. The predicted octanol–water partition coefficient (Wildman–Crippen LogP) is 3.50. The van der Waals surface area contributed by atoms with Crippen LogP contribution in [0.15, 0.2) is 28.3 Å². The van der Waals surface area contributed by atoms with Crippen LogP contribution in [-0.4, -0.2) is 16.5 Å². The van der Waals surface area contributed by atoms with Crippen LogP contribution in [0.4, 0.5) is 0 Å². The number of hydrogen-bond acceptors (Lipinski definition) is 4. The minimum Gasteiger partial charge on any atom is -0.308 e. The zero-order chi connectivity index (χ0) is 13.0. The van der Waals surface area contributed by atoms with Crippen molar-refractivity contribution in [1.29, 1.82) is 0 Å². The van der Waals surface area contributed by atoms with Gasteiger partial charge in [-0.25, -0.2) is 0 Å². The van der Waals surface area contributed by atoms with E-state index in [1.807, 2.05) is 6.92 Å². The maximum atomic E-state index is 4.38. The van der Waals surface area contributed by atoms with E-state index in [0.29, 0.717) is 0 Å². The second kappa shape index (κ2) is 6.41. The first-order chi connectivity index (χ1) is 8.66. The van der Waals surface area contributed by atoms with Crippen LogP contribution < -0.4 is 5.32 Å². The molecule has 2 aromatic heterocycles. The van der Waals surface area contributed by atoms with Crippen molar-refractivity contribution in [2.24, 2.45) is 0 Å². The maximum Gasteiger partial charge on any atom is 0.0782 e. The lowest BCUT2D eigenvalue weighted by Gasteiger charge is -2.14. The monoisotopic (exact) mass is 325 g/mol. The molecule has 1 N–H and O–H groups in total. The average molecular weight is 326 g/mol. The fourth-order valence-electron chi connectivity index (χ4n) is 1.84. The Hall–Kier alpha value is -0.780. The predicted molar refractivity (Wildman–Crippen MR) is 78.9 cm³/mol. The summed E-state index contributed by atoms with van der Waals surface area (Å²) < 4.78 is 1.19. The Balaban J connectivity index is 1.85. The highest BCUT2D eigenvalue weighted by atomic mass is 79.9. The zero-order valence-electron chi connectivity index (χ0n) is 10.5. The van der Waals surface area contributed by atoms with Gasteiger partial charge >= 0.3 is 0 Å². The molecule has 3 nitrogen and oxygen atoms in total. The summed E-state index contributed by atoms with van der Waals surface area (Å²) in [6.07, 6.45) is 4.52. The van der Waals surface area contributed by atoms with Crippen molar-refractivity contribution in [3.8, 4) is 0 Å². The van der Waals surface area contributed by atoms with E-state index >= 15 is 0 Å². The normalized spacial score (nSPS) is 12.6. The SMILES string of the molecule is Cc1nccnc1C(C)NCCc1ccc(Br)s1. The van der Waals surface area contributed by atoms with Gasteiger partial charge in [0.05, 0.1) is 15.2 Å². The Morgan fingerprint density at radius 1 is 1.33 bits per heavy atom. The van der Waals surface area contributed by atoms with E-state index in [4.69, 9.17) is 0 Å². The molecule has 0 aromatic carbocycles. The lowest BCUT2D eigenvalue weighted by atomic mass is 10.2. The molecule has 0 aliphatic heterocycles. The Kier molecular flexibility index (Phi) is 4.86. The van der Waals surface area contributed by atoms with E-state index < -0.39 is 0 Å². The van der Waals surface area contributed by atoms with Crippen LogP contribution in [0.1, 0.15) is 29.2 Å². The number of aromatic nitrogens is 2. The molecule has 96 valence electrons. The van der Waals surface area contributed by atoms with Crippen molar-refractivity contribution in [3.63, 3.8) is 0 Å². The third-order valence-electron chi connectivity index (χ3n) is 2.78. The molecule has 0 saturated heterocycles. The summed E-state index contributed by atoms with van der Waals surface area (Å²) >= 11 is 5.27. The Bertz CT molecular complexity index is 512. The molecular weight excluding hydrogens is 310 g/mol. The standard InChI is InChI=1S/C13H16BrN3S/c1-9(13-10(2)16-7-8-17-13)15-6-5-11-3-4-12(14)18-11/h3-4,7-9,15H,5-6H2,1-2H3. The molecule has 2 aromatic rings. The van der Waals surface area contributed by atoms with Gasteiger partial charge in [-0.3, -0.25) is 9.97 Å². The summed E-state index contributed by atoms with van der Waals surface area (Å²) in [6, 6.07) is 4.49. The van der Waals surface area contributed by atoms with Gasteiger partial charge in [0.25, 0.3) is 0 Å². The molecule has 2 heterocycles. The number of nitrogens with one attached hydrogen (secondary N) is 1. The third-order valence-corrected chi connectivity index (χ3v) is 4.46. The van der Waals surface area contributed by atoms with Gasteiger partial charge in [-0.1, -0.05) is 0 Å². The van der Waals surface area contributed by atoms with Crippen LogP contribution in [0.25, 0.3) is 0 Å². The fraction of sp³-hybridized carbons (Fsp3) is 0.385. The molecule has 0 aliphatic rings. The molecule has 2 rings (SSSR count). The Labute approximate surface area is 120 Å². The van der Waals surface area contributed by atoms with Crippen LogP contribution in [0.5, 0.6) is 0 Å². The molecule has 1 unspecified atom stereocenters. The van der Waals surface area contributed by atoms with Crippen LogP contribution >= 0.6 is 27.3 Å². The highest BCUT2D eigenvalue weighted by Gasteiger charge is 2.09. The lowest BCUT2D eigenvalue weighted by molar-refractivity contribution is 0.560. The van der Waals surface area contributed by atoms with Crippen LogP contribution in [0.2, 0.25) is 0 Å². The van der Waals surface area contributed by atoms with E-state index in [9.17, 15) is 0 Å². The van der Waals surface area contributed by atoms with Gasteiger partial charge in [-0.2, -0.15) is 0 Å². The lowest BCUT2D eigenvalue weighted by Crippen LogP contribution is -2.23. The maximum absolute atomic E-state index is 4.38. The molecule has 0 amide bonds. The Morgan fingerprint density at radius 2 is 2.11 bits per heavy atom. The topological polar surface area (TPSA) is 37.8 Å². The van der Waals surface area contributed by atoms with Gasteiger partial charge in [0.1, 0.15) is 0 Å². The van der Waals surface area contributed by atoms with E-state index in [0.717, 1.165) is 24.4 Å². The van der Waals surface area contributed by atoms with E-state index in [1.54, 1.807) is 23.7 Å². The molecule has 0 saturated carbocycles. The van der Waals surface area contributed by atoms with Crippen molar-refractivity contribution < 1.29 is 0 Å². The summed E-state index contributed by atoms with van der Waals surface area (Å²) in [5, 5.41) is 3.49. The molecule has 0 spiro atoms. The third kappa shape index (κ3) is 3.60. The molecule has 0 bridgehead atoms. The van der Waals surface area contributed by atoms with Crippen molar-refractivity contribution in [3.05, 3.63) is 44.6 Å². The first-order valence-electron chi connectivity index (χ1n) is 5.92. The number of aryl methyl sites for hydroxylation is 1. The summed E-state index contributed by atoms with van der Waals surface area (Å²) in [5.41, 5.74) is 2.03. The van der Waals surface area contributed by atoms with Crippen molar-refractivity contribution in [2.45, 2.75) is 26.3 Å². The minimum absolute atomic E-state index is 0.238. The van der Waals surface area contributed by atoms with Crippen molar-refractivity contribution >= 4 is 27.3 Å². The largest absolute Gasteiger partial charge is 0.308 e. The number of hydrogen-bond donors (Lipinski definition) is 1. The fourth-order valence-corrected chi connectivity index (χ4v) is 3.32. The molecule has 0 fully saturated rings. The summed E-state index contributed by atoms with van der Waals surface area (Å²) in [6.45, 7) is 5.07. The van der Waals surface area contributed by atoms with Crippen LogP contribution in [0.3, 0.4) is 0 Å². The van der Waals surface area contributed by atoms with Crippen molar-refractivity contribution in [1.82, 2.24) is 15.3 Å². The molecular formula is C13H16BrN3S. The molecule has 5 heteroatoms. The molecule has 0 radical (unpaired) electrons. The Morgan fingerprint density at radius 3 is 2.78 bits per heavy atom. The number of halogens is 1. The highest BCUT2D eigenvalue weighted by Crippen LogP contribution is 2.22. The van der Waals surface area contributed by atoms with Gasteiger partial charge in [0, 0.05) is 29.9 Å². The van der Waals surface area contributed by atoms with Gasteiger partial charge in [0.2, 0.25) is 0 Å².